The van der Waals surface area contributed by atoms with Crippen molar-refractivity contribution in [2.45, 2.75) is 31.7 Å². The van der Waals surface area contributed by atoms with Crippen LogP contribution >= 0.6 is 0 Å². The van der Waals surface area contributed by atoms with E-state index in [0.29, 0.717) is 24.8 Å². The fourth-order valence-corrected chi connectivity index (χ4v) is 2.41. The molecule has 1 aromatic heterocycles. The molecule has 1 saturated carbocycles. The molecule has 94 valence electrons. The summed E-state index contributed by atoms with van der Waals surface area (Å²) >= 11 is 0. The first kappa shape index (κ1) is 12.2. The molecule has 17 heavy (non-hydrogen) atoms. The third-order valence-corrected chi connectivity index (χ3v) is 3.33. The summed E-state index contributed by atoms with van der Waals surface area (Å²) in [6, 6.07) is 2.09. The van der Waals surface area contributed by atoms with E-state index in [1.165, 1.54) is 25.4 Å². The molecule has 2 rings (SSSR count). The van der Waals surface area contributed by atoms with Gasteiger partial charge in [0, 0.05) is 19.7 Å². The van der Waals surface area contributed by atoms with E-state index in [1.807, 2.05) is 4.90 Å². The van der Waals surface area contributed by atoms with Crippen LogP contribution in [0.3, 0.4) is 0 Å². The summed E-state index contributed by atoms with van der Waals surface area (Å²) in [6.45, 7) is 1.24. The van der Waals surface area contributed by atoms with Crippen LogP contribution in [0.5, 0.6) is 0 Å². The maximum absolute atomic E-state index is 12.3. The highest BCUT2D eigenvalue weighted by Crippen LogP contribution is 2.24. The molecule has 1 heterocycles. The van der Waals surface area contributed by atoms with E-state index in [2.05, 4.69) is 0 Å². The van der Waals surface area contributed by atoms with Crippen LogP contribution < -0.4 is 0 Å². The van der Waals surface area contributed by atoms with Gasteiger partial charge in [0.15, 0.2) is 0 Å². The van der Waals surface area contributed by atoms with Crippen LogP contribution in [0, 0.1) is 0 Å². The Kier molecular flexibility index (Phi) is 4.20. The van der Waals surface area contributed by atoms with Crippen LogP contribution in [0.15, 0.2) is 23.0 Å². The Hall–Kier alpha value is -1.29. The van der Waals surface area contributed by atoms with Gasteiger partial charge in [0.25, 0.3) is 5.91 Å². The largest absolute Gasteiger partial charge is 0.472 e. The molecule has 0 N–H and O–H groups in total. The molecule has 0 saturated heterocycles. The number of hydrogen-bond donors (Lipinski definition) is 0. The minimum absolute atomic E-state index is 0.0581. The molecule has 0 bridgehead atoms. The van der Waals surface area contributed by atoms with Gasteiger partial charge in [0.05, 0.1) is 18.4 Å². The van der Waals surface area contributed by atoms with Crippen molar-refractivity contribution in [3.8, 4) is 0 Å². The van der Waals surface area contributed by atoms with Crippen LogP contribution in [0.4, 0.5) is 0 Å². The molecular formula is C13H19NO3. The lowest BCUT2D eigenvalue weighted by Gasteiger charge is -2.28. The van der Waals surface area contributed by atoms with Gasteiger partial charge >= 0.3 is 0 Å². The van der Waals surface area contributed by atoms with Crippen molar-refractivity contribution >= 4 is 5.91 Å². The van der Waals surface area contributed by atoms with E-state index < -0.39 is 0 Å². The summed E-state index contributed by atoms with van der Waals surface area (Å²) in [5.74, 6) is 0.0581. The predicted molar refractivity (Wildman–Crippen MR) is 63.9 cm³/mol. The second-order valence-electron chi connectivity index (χ2n) is 4.44. The molecule has 4 heteroatoms. The second kappa shape index (κ2) is 5.87. The van der Waals surface area contributed by atoms with Crippen molar-refractivity contribution in [3.05, 3.63) is 24.2 Å². The van der Waals surface area contributed by atoms with Gasteiger partial charge in [-0.3, -0.25) is 4.79 Å². The Morgan fingerprint density at radius 1 is 1.53 bits per heavy atom. The van der Waals surface area contributed by atoms with Crippen molar-refractivity contribution in [2.24, 2.45) is 0 Å². The third-order valence-electron chi connectivity index (χ3n) is 3.33. The fourth-order valence-electron chi connectivity index (χ4n) is 2.41. The fraction of sp³-hybridized carbons (Fsp3) is 0.615. The van der Waals surface area contributed by atoms with Gasteiger partial charge in [-0.2, -0.15) is 0 Å². The molecule has 0 spiro atoms. The smallest absolute Gasteiger partial charge is 0.257 e. The van der Waals surface area contributed by atoms with Crippen molar-refractivity contribution in [2.75, 3.05) is 20.3 Å². The van der Waals surface area contributed by atoms with Crippen molar-refractivity contribution in [3.63, 3.8) is 0 Å². The summed E-state index contributed by atoms with van der Waals surface area (Å²) in [5, 5.41) is 0. The van der Waals surface area contributed by atoms with Gasteiger partial charge < -0.3 is 14.1 Å². The Morgan fingerprint density at radius 3 is 2.88 bits per heavy atom. The summed E-state index contributed by atoms with van der Waals surface area (Å²) in [5.41, 5.74) is 0.632. The lowest BCUT2D eigenvalue weighted by molar-refractivity contribution is 0.0605. The number of rotatable bonds is 5. The molecule has 4 nitrogen and oxygen atoms in total. The second-order valence-corrected chi connectivity index (χ2v) is 4.44. The summed E-state index contributed by atoms with van der Waals surface area (Å²) in [4.78, 5) is 14.2. The number of methoxy groups -OCH3 is 1. The predicted octanol–water partition coefficient (Wildman–Crippen LogP) is 2.31. The zero-order chi connectivity index (χ0) is 12.1. The maximum atomic E-state index is 12.3. The molecule has 1 aromatic rings. The van der Waals surface area contributed by atoms with E-state index in [9.17, 15) is 4.79 Å². The quantitative estimate of drug-likeness (QED) is 0.789. The number of hydrogen-bond acceptors (Lipinski definition) is 3. The topological polar surface area (TPSA) is 42.7 Å². The molecule has 1 aliphatic carbocycles. The molecule has 0 radical (unpaired) electrons. The van der Waals surface area contributed by atoms with Gasteiger partial charge in [-0.05, 0) is 18.9 Å². The average Bonchev–Trinajstić information content (AvgIpc) is 3.02. The highest BCUT2D eigenvalue weighted by molar-refractivity contribution is 5.94. The Bertz CT molecular complexity index is 342. The SMILES string of the molecule is COCCN(C(=O)c1ccoc1)C1CCCC1. The summed E-state index contributed by atoms with van der Waals surface area (Å²) < 4.78 is 10.1. The van der Waals surface area contributed by atoms with E-state index in [0.717, 1.165) is 12.8 Å². The van der Waals surface area contributed by atoms with Gasteiger partial charge in [0.2, 0.25) is 0 Å². The van der Waals surface area contributed by atoms with E-state index in [4.69, 9.17) is 9.15 Å². The monoisotopic (exact) mass is 237 g/mol. The van der Waals surface area contributed by atoms with Gasteiger partial charge in [-0.1, -0.05) is 12.8 Å². The number of carbonyl (C=O) groups is 1. The van der Waals surface area contributed by atoms with Crippen LogP contribution in [0.1, 0.15) is 36.0 Å². The number of ether oxygens (including phenoxy) is 1. The summed E-state index contributed by atoms with van der Waals surface area (Å²) in [7, 11) is 1.66. The zero-order valence-corrected chi connectivity index (χ0v) is 10.2. The third kappa shape index (κ3) is 2.88. The Morgan fingerprint density at radius 2 is 2.29 bits per heavy atom. The van der Waals surface area contributed by atoms with Gasteiger partial charge in [-0.25, -0.2) is 0 Å². The van der Waals surface area contributed by atoms with Gasteiger partial charge in [-0.15, -0.1) is 0 Å². The number of amides is 1. The van der Waals surface area contributed by atoms with E-state index >= 15 is 0 Å². The number of carbonyl (C=O) groups excluding carboxylic acids is 1. The molecule has 0 atom stereocenters. The zero-order valence-electron chi connectivity index (χ0n) is 10.2. The Balaban J connectivity index is 2.06. The molecule has 1 aliphatic rings. The van der Waals surface area contributed by atoms with E-state index in [1.54, 1.807) is 13.2 Å². The average molecular weight is 237 g/mol. The minimum atomic E-state index is 0.0581. The van der Waals surface area contributed by atoms with E-state index in [-0.39, 0.29) is 5.91 Å². The molecular weight excluding hydrogens is 218 g/mol. The molecule has 1 fully saturated rings. The number of furan rings is 1. The summed E-state index contributed by atoms with van der Waals surface area (Å²) in [6.07, 6.45) is 7.69. The van der Waals surface area contributed by atoms with Crippen molar-refractivity contribution in [1.29, 1.82) is 0 Å². The lowest BCUT2D eigenvalue weighted by atomic mass is 10.2. The normalized spacial score (nSPS) is 16.3. The van der Waals surface area contributed by atoms with Crippen molar-refractivity contribution < 1.29 is 13.9 Å². The minimum Gasteiger partial charge on any atom is -0.472 e. The van der Waals surface area contributed by atoms with Crippen molar-refractivity contribution in [1.82, 2.24) is 4.90 Å². The standard InChI is InChI=1S/C13H19NO3/c1-16-9-7-14(12-4-2-3-5-12)13(15)11-6-8-17-10-11/h6,8,10,12H,2-5,7,9H2,1H3. The molecule has 0 aromatic carbocycles. The highest BCUT2D eigenvalue weighted by Gasteiger charge is 2.27. The highest BCUT2D eigenvalue weighted by atomic mass is 16.5. The molecule has 0 aliphatic heterocycles. The Labute approximate surface area is 102 Å². The first-order valence-corrected chi connectivity index (χ1v) is 6.15. The van der Waals surface area contributed by atoms with Crippen LogP contribution in [0.2, 0.25) is 0 Å². The van der Waals surface area contributed by atoms with Crippen LogP contribution in [-0.4, -0.2) is 37.1 Å². The molecule has 0 unspecified atom stereocenters. The van der Waals surface area contributed by atoms with Crippen LogP contribution in [-0.2, 0) is 4.74 Å². The lowest BCUT2D eigenvalue weighted by Crippen LogP contribution is -2.40. The van der Waals surface area contributed by atoms with Crippen LogP contribution in [0.25, 0.3) is 0 Å². The molecule has 1 amide bonds. The number of nitrogens with zero attached hydrogens (tertiary/aromatic N) is 1. The van der Waals surface area contributed by atoms with Gasteiger partial charge in [0.1, 0.15) is 6.26 Å². The first-order valence-electron chi connectivity index (χ1n) is 6.15. The first-order chi connectivity index (χ1) is 8.33. The maximum Gasteiger partial charge on any atom is 0.257 e.